The van der Waals surface area contributed by atoms with Crippen LogP contribution in [0.2, 0.25) is 0 Å². The van der Waals surface area contributed by atoms with Crippen molar-refractivity contribution < 1.29 is 9.21 Å². The molecule has 0 radical (unpaired) electrons. The molecule has 0 bridgehead atoms. The zero-order valence-electron chi connectivity index (χ0n) is 14.5. The zero-order chi connectivity index (χ0) is 18.6. The van der Waals surface area contributed by atoms with Gasteiger partial charge in [0.2, 0.25) is 0 Å². The van der Waals surface area contributed by atoms with Gasteiger partial charge in [-0.05, 0) is 11.6 Å². The number of nitrogens with zero attached hydrogens (tertiary/aromatic N) is 1. The van der Waals surface area contributed by atoms with Gasteiger partial charge in [0.1, 0.15) is 6.29 Å². The molecule has 4 aromatic rings. The van der Waals surface area contributed by atoms with E-state index in [0.29, 0.717) is 23.6 Å². The topological polar surface area (TPSA) is 52.2 Å². The van der Waals surface area contributed by atoms with E-state index in [9.17, 15) is 9.59 Å². The zero-order valence-corrected chi connectivity index (χ0v) is 14.5. The number of benzene rings is 3. The van der Waals surface area contributed by atoms with Crippen molar-refractivity contribution in [2.75, 3.05) is 0 Å². The highest BCUT2D eigenvalue weighted by Gasteiger charge is 2.20. The summed E-state index contributed by atoms with van der Waals surface area (Å²) < 4.78 is 7.26. The summed E-state index contributed by atoms with van der Waals surface area (Å²) in [5.41, 5.74) is 3.78. The number of aldehydes is 1. The Balaban J connectivity index is 1.94. The van der Waals surface area contributed by atoms with Crippen molar-refractivity contribution in [1.82, 2.24) is 4.57 Å². The fourth-order valence-corrected chi connectivity index (χ4v) is 3.15. The Hall–Kier alpha value is -3.66. The van der Waals surface area contributed by atoms with E-state index in [-0.39, 0.29) is 0 Å². The van der Waals surface area contributed by atoms with Crippen LogP contribution in [0.4, 0.5) is 0 Å². The molecule has 0 aliphatic rings. The van der Waals surface area contributed by atoms with Crippen LogP contribution in [0.3, 0.4) is 0 Å². The molecule has 0 fully saturated rings. The minimum absolute atomic E-state index is 0.386. The van der Waals surface area contributed by atoms with Crippen molar-refractivity contribution in [2.45, 2.75) is 6.54 Å². The third kappa shape index (κ3) is 3.37. The molecule has 0 amide bonds. The molecule has 0 unspecified atom stereocenters. The number of hydrogen-bond acceptors (Lipinski definition) is 3. The molecule has 0 saturated heterocycles. The fraction of sp³-hybridized carbons (Fsp3) is 0.0435. The molecular weight excluding hydrogens is 338 g/mol. The summed E-state index contributed by atoms with van der Waals surface area (Å²) in [5, 5.41) is 0. The van der Waals surface area contributed by atoms with E-state index in [1.54, 1.807) is 22.8 Å². The standard InChI is InChI=1S/C23H17NO3/c25-16-18-10-7-13-20(14-18)21-22(19-11-5-2-6-12-19)27-23(26)24(21)15-17-8-3-1-4-9-17/h1-14,16H,15H2. The van der Waals surface area contributed by atoms with Gasteiger partial charge in [0.05, 0.1) is 12.2 Å². The number of aromatic nitrogens is 1. The number of hydrogen-bond donors (Lipinski definition) is 0. The second-order valence-electron chi connectivity index (χ2n) is 6.23. The highest BCUT2D eigenvalue weighted by Crippen LogP contribution is 2.32. The van der Waals surface area contributed by atoms with Gasteiger partial charge in [-0.15, -0.1) is 0 Å². The summed E-state index contributed by atoms with van der Waals surface area (Å²) in [6.45, 7) is 0.386. The second kappa shape index (κ2) is 7.30. The highest BCUT2D eigenvalue weighted by molar-refractivity contribution is 5.82. The summed E-state index contributed by atoms with van der Waals surface area (Å²) in [6.07, 6.45) is 0.797. The molecule has 0 N–H and O–H groups in total. The SMILES string of the molecule is O=Cc1cccc(-c2c(-c3ccccc3)oc(=O)n2Cc2ccccc2)c1. The minimum Gasteiger partial charge on any atom is -0.407 e. The van der Waals surface area contributed by atoms with Crippen molar-refractivity contribution in [1.29, 1.82) is 0 Å². The van der Waals surface area contributed by atoms with Crippen molar-refractivity contribution in [3.05, 3.63) is 107 Å². The Morgan fingerprint density at radius 1 is 0.815 bits per heavy atom. The van der Waals surface area contributed by atoms with E-state index in [0.717, 1.165) is 23.0 Å². The van der Waals surface area contributed by atoms with Crippen molar-refractivity contribution in [2.24, 2.45) is 0 Å². The second-order valence-corrected chi connectivity index (χ2v) is 6.23. The van der Waals surface area contributed by atoms with Gasteiger partial charge in [-0.1, -0.05) is 78.9 Å². The van der Waals surface area contributed by atoms with Crippen LogP contribution in [0.5, 0.6) is 0 Å². The van der Waals surface area contributed by atoms with Gasteiger partial charge >= 0.3 is 5.76 Å². The Bertz CT molecular complexity index is 1130. The Morgan fingerprint density at radius 3 is 2.19 bits per heavy atom. The Labute approximate surface area is 156 Å². The molecule has 3 aromatic carbocycles. The number of rotatable bonds is 5. The van der Waals surface area contributed by atoms with E-state index >= 15 is 0 Å². The normalized spacial score (nSPS) is 10.7. The van der Waals surface area contributed by atoms with E-state index < -0.39 is 5.76 Å². The van der Waals surface area contributed by atoms with Gasteiger partial charge in [-0.3, -0.25) is 9.36 Å². The Morgan fingerprint density at radius 2 is 1.48 bits per heavy atom. The molecular formula is C23H17NO3. The van der Waals surface area contributed by atoms with Gasteiger partial charge in [0, 0.05) is 16.7 Å². The first kappa shape index (κ1) is 16.8. The molecule has 27 heavy (non-hydrogen) atoms. The lowest BCUT2D eigenvalue weighted by Crippen LogP contribution is -2.16. The molecule has 1 heterocycles. The molecule has 0 saturated carbocycles. The first-order valence-electron chi connectivity index (χ1n) is 8.65. The molecule has 4 heteroatoms. The molecule has 0 atom stereocenters. The minimum atomic E-state index is -0.427. The summed E-state index contributed by atoms with van der Waals surface area (Å²) in [4.78, 5) is 23.9. The number of carbonyl (C=O) groups excluding carboxylic acids is 1. The van der Waals surface area contributed by atoms with Gasteiger partial charge in [-0.25, -0.2) is 4.79 Å². The van der Waals surface area contributed by atoms with Gasteiger partial charge in [-0.2, -0.15) is 0 Å². The first-order chi connectivity index (χ1) is 13.3. The smallest absolute Gasteiger partial charge is 0.407 e. The summed E-state index contributed by atoms with van der Waals surface area (Å²) in [7, 11) is 0. The maximum absolute atomic E-state index is 12.7. The van der Waals surface area contributed by atoms with Crippen molar-refractivity contribution >= 4 is 6.29 Å². The van der Waals surface area contributed by atoms with E-state index in [1.807, 2.05) is 66.7 Å². The molecule has 4 nitrogen and oxygen atoms in total. The van der Waals surface area contributed by atoms with Crippen LogP contribution >= 0.6 is 0 Å². The monoisotopic (exact) mass is 355 g/mol. The molecule has 0 spiro atoms. The first-order valence-corrected chi connectivity index (χ1v) is 8.65. The average molecular weight is 355 g/mol. The lowest BCUT2D eigenvalue weighted by molar-refractivity contribution is 0.112. The van der Waals surface area contributed by atoms with Crippen LogP contribution in [0.1, 0.15) is 15.9 Å². The Kier molecular flexibility index (Phi) is 4.54. The summed E-state index contributed by atoms with van der Waals surface area (Å²) in [6, 6.07) is 26.4. The maximum Gasteiger partial charge on any atom is 0.420 e. The van der Waals surface area contributed by atoms with Crippen molar-refractivity contribution in [3.63, 3.8) is 0 Å². The largest absolute Gasteiger partial charge is 0.420 e. The lowest BCUT2D eigenvalue weighted by Gasteiger charge is -2.09. The maximum atomic E-state index is 12.7. The lowest BCUT2D eigenvalue weighted by atomic mass is 10.0. The van der Waals surface area contributed by atoms with Gasteiger partial charge < -0.3 is 4.42 Å². The van der Waals surface area contributed by atoms with E-state index in [2.05, 4.69) is 0 Å². The number of oxazole rings is 1. The third-order valence-electron chi connectivity index (χ3n) is 4.41. The van der Waals surface area contributed by atoms with Crippen LogP contribution in [-0.2, 0) is 6.54 Å². The molecule has 0 aliphatic heterocycles. The van der Waals surface area contributed by atoms with Crippen LogP contribution in [-0.4, -0.2) is 10.9 Å². The van der Waals surface area contributed by atoms with Crippen molar-refractivity contribution in [3.8, 4) is 22.6 Å². The number of carbonyl (C=O) groups is 1. The summed E-state index contributed by atoms with van der Waals surface area (Å²) in [5.74, 6) is 0.0730. The van der Waals surface area contributed by atoms with Crippen LogP contribution in [0, 0.1) is 0 Å². The third-order valence-corrected chi connectivity index (χ3v) is 4.41. The van der Waals surface area contributed by atoms with E-state index in [4.69, 9.17) is 4.42 Å². The fourth-order valence-electron chi connectivity index (χ4n) is 3.15. The predicted octanol–water partition coefficient (Wildman–Crippen LogP) is 4.64. The average Bonchev–Trinajstić information content (AvgIpc) is 3.05. The van der Waals surface area contributed by atoms with Crippen LogP contribution in [0.25, 0.3) is 22.6 Å². The quantitative estimate of drug-likeness (QED) is 0.490. The molecule has 132 valence electrons. The van der Waals surface area contributed by atoms with E-state index in [1.165, 1.54) is 0 Å². The van der Waals surface area contributed by atoms with Crippen LogP contribution < -0.4 is 5.76 Å². The summed E-state index contributed by atoms with van der Waals surface area (Å²) >= 11 is 0. The molecule has 4 rings (SSSR count). The molecule has 0 aliphatic carbocycles. The highest BCUT2D eigenvalue weighted by atomic mass is 16.4. The molecule has 1 aromatic heterocycles. The van der Waals surface area contributed by atoms with Gasteiger partial charge in [0.15, 0.2) is 5.76 Å². The van der Waals surface area contributed by atoms with Crippen LogP contribution in [0.15, 0.2) is 94.1 Å². The predicted molar refractivity (Wildman–Crippen MR) is 105 cm³/mol. The van der Waals surface area contributed by atoms with Gasteiger partial charge in [0.25, 0.3) is 0 Å².